The zero-order valence-electron chi connectivity index (χ0n) is 10.8. The number of ether oxygens (including phenoxy) is 1. The maximum absolute atomic E-state index is 11.9. The standard InChI is InChI=1S/C15H13F3OS/c1-11-2-6-13(7-3-11)20-14-8-4-12(5-9-14)10-19-15(16,17)18/h2-9H,10H2,1H3. The van der Waals surface area contributed by atoms with Gasteiger partial charge >= 0.3 is 6.36 Å². The molecule has 0 N–H and O–H groups in total. The predicted molar refractivity (Wildman–Crippen MR) is 72.6 cm³/mol. The summed E-state index contributed by atoms with van der Waals surface area (Å²) < 4.78 is 39.5. The van der Waals surface area contributed by atoms with Crippen LogP contribution in [0.3, 0.4) is 0 Å². The van der Waals surface area contributed by atoms with Crippen molar-refractivity contribution >= 4 is 11.8 Å². The highest BCUT2D eigenvalue weighted by Gasteiger charge is 2.28. The molecule has 5 heteroatoms. The fraction of sp³-hybridized carbons (Fsp3) is 0.200. The summed E-state index contributed by atoms with van der Waals surface area (Å²) in [7, 11) is 0. The van der Waals surface area contributed by atoms with Gasteiger partial charge in [0.15, 0.2) is 0 Å². The van der Waals surface area contributed by atoms with Crippen molar-refractivity contribution < 1.29 is 17.9 Å². The predicted octanol–water partition coefficient (Wildman–Crippen LogP) is 5.18. The molecule has 1 nitrogen and oxygen atoms in total. The minimum atomic E-state index is -4.59. The van der Waals surface area contributed by atoms with Gasteiger partial charge in [0.05, 0.1) is 6.61 Å². The summed E-state index contributed by atoms with van der Waals surface area (Å²) in [6.07, 6.45) is -4.59. The van der Waals surface area contributed by atoms with Gasteiger partial charge in [-0.05, 0) is 36.8 Å². The van der Waals surface area contributed by atoms with Gasteiger partial charge in [0.2, 0.25) is 0 Å². The van der Waals surface area contributed by atoms with Crippen LogP contribution >= 0.6 is 11.8 Å². The lowest BCUT2D eigenvalue weighted by atomic mass is 10.2. The lowest BCUT2D eigenvalue weighted by Crippen LogP contribution is -2.12. The smallest absolute Gasteiger partial charge is 0.287 e. The first kappa shape index (κ1) is 14.9. The average molecular weight is 298 g/mol. The monoisotopic (exact) mass is 298 g/mol. The summed E-state index contributed by atoms with van der Waals surface area (Å²) in [6, 6.07) is 14.9. The van der Waals surface area contributed by atoms with E-state index in [2.05, 4.69) is 4.74 Å². The molecule has 106 valence electrons. The van der Waals surface area contributed by atoms with E-state index in [9.17, 15) is 13.2 Å². The second-order valence-electron chi connectivity index (χ2n) is 4.29. The molecular weight excluding hydrogens is 285 g/mol. The van der Waals surface area contributed by atoms with Crippen LogP contribution < -0.4 is 0 Å². The van der Waals surface area contributed by atoms with E-state index in [4.69, 9.17) is 0 Å². The van der Waals surface area contributed by atoms with Crippen molar-refractivity contribution in [1.29, 1.82) is 0 Å². The fourth-order valence-electron chi connectivity index (χ4n) is 1.56. The molecule has 2 rings (SSSR count). The van der Waals surface area contributed by atoms with Gasteiger partial charge in [-0.2, -0.15) is 0 Å². The Bertz CT molecular complexity index is 547. The molecule has 0 spiro atoms. The van der Waals surface area contributed by atoms with Crippen LogP contribution in [-0.4, -0.2) is 6.36 Å². The molecule has 0 aliphatic rings. The number of hydrogen-bond acceptors (Lipinski definition) is 2. The van der Waals surface area contributed by atoms with Crippen LogP contribution in [0.2, 0.25) is 0 Å². The zero-order chi connectivity index (χ0) is 14.6. The molecule has 0 unspecified atom stereocenters. The summed E-state index contributed by atoms with van der Waals surface area (Å²) in [5.41, 5.74) is 1.68. The lowest BCUT2D eigenvalue weighted by Gasteiger charge is -2.08. The van der Waals surface area contributed by atoms with Gasteiger partial charge in [0.25, 0.3) is 0 Å². The number of rotatable bonds is 4. The summed E-state index contributed by atoms with van der Waals surface area (Å²) in [4.78, 5) is 2.07. The first-order valence-electron chi connectivity index (χ1n) is 5.96. The van der Waals surface area contributed by atoms with Crippen molar-refractivity contribution in [3.8, 4) is 0 Å². The molecule has 0 fully saturated rings. The second kappa shape index (κ2) is 6.33. The Kier molecular flexibility index (Phi) is 4.73. The number of halogens is 3. The molecule has 0 amide bonds. The third-order valence-electron chi connectivity index (χ3n) is 2.58. The van der Waals surface area contributed by atoms with Gasteiger partial charge in [-0.3, -0.25) is 4.74 Å². The van der Waals surface area contributed by atoms with Crippen LogP contribution in [-0.2, 0) is 11.3 Å². The fourth-order valence-corrected chi connectivity index (χ4v) is 2.38. The molecule has 20 heavy (non-hydrogen) atoms. The topological polar surface area (TPSA) is 9.23 Å². The zero-order valence-corrected chi connectivity index (χ0v) is 11.6. The SMILES string of the molecule is Cc1ccc(Sc2ccc(COC(F)(F)F)cc2)cc1. The highest BCUT2D eigenvalue weighted by Crippen LogP contribution is 2.28. The van der Waals surface area contributed by atoms with E-state index < -0.39 is 13.0 Å². The van der Waals surface area contributed by atoms with E-state index in [1.807, 2.05) is 31.2 Å². The molecule has 2 aromatic carbocycles. The number of aryl methyl sites for hydroxylation is 1. The van der Waals surface area contributed by atoms with E-state index in [0.29, 0.717) is 5.56 Å². The summed E-state index contributed by atoms with van der Waals surface area (Å²) >= 11 is 1.57. The lowest BCUT2D eigenvalue weighted by molar-refractivity contribution is -0.330. The van der Waals surface area contributed by atoms with Gasteiger partial charge < -0.3 is 0 Å². The van der Waals surface area contributed by atoms with Crippen LogP contribution in [0.25, 0.3) is 0 Å². The van der Waals surface area contributed by atoms with Crippen LogP contribution in [0.1, 0.15) is 11.1 Å². The molecule has 2 aromatic rings. The van der Waals surface area contributed by atoms with Crippen LogP contribution in [0.4, 0.5) is 13.2 Å². The van der Waals surface area contributed by atoms with Crippen LogP contribution in [0, 0.1) is 6.92 Å². The van der Waals surface area contributed by atoms with Crippen molar-refractivity contribution in [2.45, 2.75) is 29.7 Å². The van der Waals surface area contributed by atoms with E-state index in [1.54, 1.807) is 36.0 Å². The largest absolute Gasteiger partial charge is 0.522 e. The molecule has 0 heterocycles. The van der Waals surface area contributed by atoms with Crippen molar-refractivity contribution in [2.24, 2.45) is 0 Å². The molecule has 0 atom stereocenters. The molecule has 0 radical (unpaired) electrons. The highest BCUT2D eigenvalue weighted by atomic mass is 32.2. The molecular formula is C15H13F3OS. The van der Waals surface area contributed by atoms with Crippen LogP contribution in [0.15, 0.2) is 58.3 Å². The molecule has 0 saturated carbocycles. The van der Waals surface area contributed by atoms with Crippen LogP contribution in [0.5, 0.6) is 0 Å². The Morgan fingerprint density at radius 2 is 1.40 bits per heavy atom. The number of benzene rings is 2. The molecule has 0 aliphatic carbocycles. The minimum absolute atomic E-state index is 0.459. The third kappa shape index (κ3) is 4.90. The van der Waals surface area contributed by atoms with Gasteiger partial charge in [-0.1, -0.05) is 41.6 Å². The molecule has 0 saturated heterocycles. The first-order chi connectivity index (χ1) is 9.42. The minimum Gasteiger partial charge on any atom is -0.287 e. The summed E-state index contributed by atoms with van der Waals surface area (Å²) in [6.45, 7) is 1.56. The third-order valence-corrected chi connectivity index (χ3v) is 3.60. The molecule has 0 aromatic heterocycles. The van der Waals surface area contributed by atoms with Gasteiger partial charge in [-0.15, -0.1) is 13.2 Å². The van der Waals surface area contributed by atoms with E-state index in [-0.39, 0.29) is 0 Å². The van der Waals surface area contributed by atoms with Gasteiger partial charge in [0.1, 0.15) is 0 Å². The summed E-state index contributed by atoms with van der Waals surface area (Å²) in [5.74, 6) is 0. The Hall–Kier alpha value is -1.46. The summed E-state index contributed by atoms with van der Waals surface area (Å²) in [5, 5.41) is 0. The van der Waals surface area contributed by atoms with Gasteiger partial charge in [0, 0.05) is 9.79 Å². The molecule has 0 aliphatic heterocycles. The van der Waals surface area contributed by atoms with E-state index in [0.717, 1.165) is 9.79 Å². The Morgan fingerprint density at radius 3 is 1.90 bits per heavy atom. The van der Waals surface area contributed by atoms with Crippen molar-refractivity contribution in [3.05, 3.63) is 59.7 Å². The van der Waals surface area contributed by atoms with Crippen molar-refractivity contribution in [2.75, 3.05) is 0 Å². The van der Waals surface area contributed by atoms with Crippen molar-refractivity contribution in [3.63, 3.8) is 0 Å². The Morgan fingerprint density at radius 1 is 0.900 bits per heavy atom. The van der Waals surface area contributed by atoms with E-state index in [1.165, 1.54) is 5.56 Å². The Labute approximate surface area is 119 Å². The number of hydrogen-bond donors (Lipinski definition) is 0. The normalized spacial score (nSPS) is 11.6. The molecule has 0 bridgehead atoms. The quantitative estimate of drug-likeness (QED) is 0.769. The highest BCUT2D eigenvalue weighted by molar-refractivity contribution is 7.99. The van der Waals surface area contributed by atoms with Gasteiger partial charge in [-0.25, -0.2) is 0 Å². The van der Waals surface area contributed by atoms with E-state index >= 15 is 0 Å². The van der Waals surface area contributed by atoms with Crippen molar-refractivity contribution in [1.82, 2.24) is 0 Å². The maximum atomic E-state index is 11.9. The Balaban J connectivity index is 1.96. The first-order valence-corrected chi connectivity index (χ1v) is 6.78. The average Bonchev–Trinajstić information content (AvgIpc) is 2.40. The maximum Gasteiger partial charge on any atom is 0.522 e. The number of alkyl halides is 3. The second-order valence-corrected chi connectivity index (χ2v) is 5.44.